The van der Waals surface area contributed by atoms with Gasteiger partial charge < -0.3 is 4.90 Å². The Hall–Kier alpha value is -7.16. The van der Waals surface area contributed by atoms with Crippen LogP contribution in [0.4, 0.5) is 17.1 Å². The number of aryl methyl sites for hydroxylation is 3. The molecular weight excluding hydrogens is 938 g/mol. The quantitative estimate of drug-likeness (QED) is 0.117. The van der Waals surface area contributed by atoms with Gasteiger partial charge in [-0.1, -0.05) is 262 Å². The fourth-order valence-electron chi connectivity index (χ4n) is 14.0. The zero-order valence-electron chi connectivity index (χ0n) is 48.9. The predicted octanol–water partition coefficient (Wildman–Crippen LogP) is 18.4. The molecule has 2 heteroatoms. The van der Waals surface area contributed by atoms with E-state index in [9.17, 15) is 0 Å². The van der Waals surface area contributed by atoms with Gasteiger partial charge in [-0.15, -0.1) is 0 Å². The van der Waals surface area contributed by atoms with Gasteiger partial charge in [-0.3, -0.25) is 0 Å². The summed E-state index contributed by atoms with van der Waals surface area (Å²) in [6.45, 7) is 31.4. The number of benzene rings is 9. The molecule has 0 saturated carbocycles. The van der Waals surface area contributed by atoms with Gasteiger partial charge >= 0.3 is 0 Å². The third-order valence-corrected chi connectivity index (χ3v) is 18.0. The van der Waals surface area contributed by atoms with Crippen molar-refractivity contribution in [1.29, 1.82) is 0 Å². The highest BCUT2D eigenvalue weighted by molar-refractivity contribution is 6.97. The van der Waals surface area contributed by atoms with Gasteiger partial charge in [0.05, 0.1) is 0 Å². The van der Waals surface area contributed by atoms with Crippen LogP contribution < -0.4 is 21.3 Å². The van der Waals surface area contributed by atoms with Gasteiger partial charge in [0.2, 0.25) is 6.71 Å². The van der Waals surface area contributed by atoms with Gasteiger partial charge in [0.1, 0.15) is 0 Å². The maximum atomic E-state index is 2.73. The number of para-hydroxylation sites is 2. The van der Waals surface area contributed by atoms with Crippen LogP contribution in [0, 0.1) is 13.8 Å². The Labute approximate surface area is 468 Å². The van der Waals surface area contributed by atoms with E-state index in [-0.39, 0.29) is 40.2 Å². The Balaban J connectivity index is 1.19. The van der Waals surface area contributed by atoms with E-state index in [1.807, 2.05) is 0 Å². The minimum Gasteiger partial charge on any atom is -0.311 e. The normalized spacial score (nSPS) is 15.8. The van der Waals surface area contributed by atoms with Crippen LogP contribution in [0.15, 0.2) is 200 Å². The summed E-state index contributed by atoms with van der Waals surface area (Å²) in [7, 11) is 0. The molecule has 2 atom stereocenters. The second kappa shape index (κ2) is 20.3. The lowest BCUT2D eigenvalue weighted by molar-refractivity contribution is 0.403. The van der Waals surface area contributed by atoms with Crippen LogP contribution in [0.3, 0.4) is 0 Å². The monoisotopic (exact) mass is 1020 g/mol. The van der Waals surface area contributed by atoms with Crippen LogP contribution >= 0.6 is 0 Å². The molecule has 9 aromatic rings. The number of fused-ring (bicyclic) bond motifs is 3. The Kier molecular flexibility index (Phi) is 13.7. The zero-order chi connectivity index (χ0) is 54.9. The van der Waals surface area contributed by atoms with Crippen LogP contribution in [0.5, 0.6) is 0 Å². The van der Waals surface area contributed by atoms with Crippen molar-refractivity contribution in [3.05, 3.63) is 261 Å². The van der Waals surface area contributed by atoms with Gasteiger partial charge in [0.25, 0.3) is 0 Å². The molecule has 0 amide bonds. The van der Waals surface area contributed by atoms with E-state index in [4.69, 9.17) is 0 Å². The summed E-state index contributed by atoms with van der Waals surface area (Å²) < 4.78 is 0. The van der Waals surface area contributed by atoms with Crippen LogP contribution in [-0.4, -0.2) is 6.71 Å². The molecule has 0 saturated heterocycles. The summed E-state index contributed by atoms with van der Waals surface area (Å²) >= 11 is 0. The maximum Gasteiger partial charge on any atom is 0.242 e. The van der Waals surface area contributed by atoms with Gasteiger partial charge in [-0.05, 0) is 169 Å². The number of anilines is 3. The Morgan fingerprint density at radius 2 is 1.06 bits per heavy atom. The number of hydrogen-bond donors (Lipinski definition) is 0. The second-order valence-corrected chi connectivity index (χ2v) is 26.5. The smallest absolute Gasteiger partial charge is 0.242 e. The van der Waals surface area contributed by atoms with Crippen molar-refractivity contribution in [2.75, 3.05) is 4.90 Å². The molecule has 78 heavy (non-hydrogen) atoms. The molecule has 0 aromatic heterocycles. The molecule has 1 aliphatic carbocycles. The lowest BCUT2D eigenvalue weighted by atomic mass is 9.31. The largest absolute Gasteiger partial charge is 0.311 e. The third kappa shape index (κ3) is 9.91. The topological polar surface area (TPSA) is 3.24 Å². The molecule has 0 spiro atoms. The zero-order valence-corrected chi connectivity index (χ0v) is 48.9. The summed E-state index contributed by atoms with van der Waals surface area (Å²) in [4.78, 5) is 2.47. The minimum absolute atomic E-state index is 0.0000913. The average molecular weight is 1020 g/mol. The lowest BCUT2D eigenvalue weighted by Crippen LogP contribution is -2.60. The minimum atomic E-state index is -0.0321. The van der Waals surface area contributed by atoms with Crippen molar-refractivity contribution in [3.8, 4) is 22.3 Å². The van der Waals surface area contributed by atoms with E-state index in [0.717, 1.165) is 30.6 Å². The molecule has 0 bridgehead atoms. The van der Waals surface area contributed by atoms with E-state index in [0.29, 0.717) is 0 Å². The standard InChI is InChI=1S/C76H80BN/c1-50-42-56(54-26-18-14-19-27-54)35-34-53(50)36-39-63-64-41-38-61(78(59-30-22-16-23-31-59)60-32-24-17-25-33-60)46-70(64)77(72-51(2)43-58(45-67(63)72)74(7,8)9)71-48-69-68(75(10,11)49-76(69,12)13)47-65(71)52(3)62-40-37-57(73(4,5)6)44-66(62)55-28-20-15-21-29-55/h14-35,37-38,40-48,52,63H,36,39,49H2,1-13H3. The molecule has 2 aliphatic rings. The van der Waals surface area contributed by atoms with E-state index in [1.165, 1.54) is 106 Å². The molecule has 11 rings (SSSR count). The molecule has 0 radical (unpaired) electrons. The van der Waals surface area contributed by atoms with E-state index in [2.05, 4.69) is 295 Å². The summed E-state index contributed by atoms with van der Waals surface area (Å²) in [5.74, 6) is 0.264. The van der Waals surface area contributed by atoms with Gasteiger partial charge in [-0.25, -0.2) is 0 Å². The Morgan fingerprint density at radius 1 is 0.487 bits per heavy atom. The van der Waals surface area contributed by atoms with Crippen molar-refractivity contribution in [2.24, 2.45) is 0 Å². The van der Waals surface area contributed by atoms with E-state index < -0.39 is 0 Å². The van der Waals surface area contributed by atoms with Crippen LogP contribution in [0.2, 0.25) is 0 Å². The van der Waals surface area contributed by atoms with Crippen LogP contribution in [-0.2, 0) is 28.1 Å². The molecule has 1 aliphatic heterocycles. The highest BCUT2D eigenvalue weighted by atomic mass is 15.1. The average Bonchev–Trinajstić information content (AvgIpc) is 3.57. The summed E-state index contributed by atoms with van der Waals surface area (Å²) in [6, 6.07) is 76.7. The molecule has 392 valence electrons. The maximum absolute atomic E-state index is 2.73. The van der Waals surface area contributed by atoms with Crippen molar-refractivity contribution in [2.45, 2.75) is 143 Å². The number of hydrogen-bond acceptors (Lipinski definition) is 1. The Bertz CT molecular complexity index is 3610. The number of rotatable bonds is 11. The molecule has 2 unspecified atom stereocenters. The van der Waals surface area contributed by atoms with Gasteiger partial charge in [-0.2, -0.15) is 0 Å². The fraction of sp³-hybridized carbons (Fsp3) is 0.289. The second-order valence-electron chi connectivity index (χ2n) is 26.5. The molecule has 1 nitrogen and oxygen atoms in total. The van der Waals surface area contributed by atoms with Crippen molar-refractivity contribution in [1.82, 2.24) is 0 Å². The first kappa shape index (κ1) is 52.9. The van der Waals surface area contributed by atoms with Gasteiger partial charge in [0.15, 0.2) is 0 Å². The van der Waals surface area contributed by atoms with E-state index >= 15 is 0 Å². The fourth-order valence-corrected chi connectivity index (χ4v) is 14.0. The lowest BCUT2D eigenvalue weighted by Gasteiger charge is -2.39. The van der Waals surface area contributed by atoms with Crippen molar-refractivity contribution >= 4 is 40.2 Å². The Morgan fingerprint density at radius 3 is 1.65 bits per heavy atom. The summed E-state index contributed by atoms with van der Waals surface area (Å²) in [5, 5.41) is 0. The molecule has 0 fully saturated rings. The van der Waals surface area contributed by atoms with Crippen LogP contribution in [0.25, 0.3) is 22.3 Å². The third-order valence-electron chi connectivity index (χ3n) is 18.0. The predicted molar refractivity (Wildman–Crippen MR) is 338 cm³/mol. The first-order valence-electron chi connectivity index (χ1n) is 28.9. The first-order valence-corrected chi connectivity index (χ1v) is 28.9. The van der Waals surface area contributed by atoms with Gasteiger partial charge in [0, 0.05) is 28.9 Å². The van der Waals surface area contributed by atoms with Crippen LogP contribution in [0.1, 0.15) is 162 Å². The molecule has 0 N–H and O–H groups in total. The first-order chi connectivity index (χ1) is 37.2. The van der Waals surface area contributed by atoms with E-state index in [1.54, 1.807) is 0 Å². The molecule has 1 heterocycles. The van der Waals surface area contributed by atoms with Crippen molar-refractivity contribution in [3.63, 3.8) is 0 Å². The number of nitrogens with zero attached hydrogens (tertiary/aromatic N) is 1. The summed E-state index contributed by atoms with van der Waals surface area (Å²) in [6.07, 6.45) is 3.09. The highest BCUT2D eigenvalue weighted by Crippen LogP contribution is 2.51. The van der Waals surface area contributed by atoms with Crippen molar-refractivity contribution < 1.29 is 0 Å². The SMILES string of the molecule is Cc1cc(-c2ccccc2)ccc1CCC1c2ccc(N(c3ccccc3)c3ccccc3)cc2B(c2cc3c(cc2C(C)c2ccc(C(C)(C)C)cc2-c2ccccc2)C(C)(C)CC3(C)C)c2c(C)cc(C(C)(C)C)cc21. The molecule has 9 aromatic carbocycles. The summed E-state index contributed by atoms with van der Waals surface area (Å²) in [5.41, 5.74) is 28.6. The highest BCUT2D eigenvalue weighted by Gasteiger charge is 2.46. The molecular formula is C76H80BN.